The van der Waals surface area contributed by atoms with Crippen molar-refractivity contribution in [1.82, 2.24) is 0 Å². The first-order valence-corrected chi connectivity index (χ1v) is 7.64. The number of fused-ring (bicyclic) bond motifs is 1. The van der Waals surface area contributed by atoms with Crippen molar-refractivity contribution in [1.29, 1.82) is 0 Å². The monoisotopic (exact) mass is 328 g/mol. The van der Waals surface area contributed by atoms with E-state index in [0.29, 0.717) is 34.8 Å². The minimum Gasteiger partial charge on any atom is -0.493 e. The van der Waals surface area contributed by atoms with E-state index in [1.54, 1.807) is 19.1 Å². The molecule has 2 aromatic carbocycles. The molecule has 0 aliphatic rings. The molecule has 0 radical (unpaired) electrons. The third kappa shape index (κ3) is 2.85. The summed E-state index contributed by atoms with van der Waals surface area (Å²) in [5.74, 6) is 1.13. The van der Waals surface area contributed by atoms with Gasteiger partial charge in [0.1, 0.15) is 28.7 Å². The van der Waals surface area contributed by atoms with Gasteiger partial charge in [-0.05, 0) is 57.2 Å². The molecular formula is C19H17FO4. The second-order valence-electron chi connectivity index (χ2n) is 5.37. The van der Waals surface area contributed by atoms with E-state index in [1.165, 1.54) is 24.3 Å². The molecule has 0 aliphatic carbocycles. The predicted molar refractivity (Wildman–Crippen MR) is 89.6 cm³/mol. The van der Waals surface area contributed by atoms with E-state index >= 15 is 0 Å². The van der Waals surface area contributed by atoms with Gasteiger partial charge in [-0.15, -0.1) is 0 Å². The molecule has 5 heteroatoms. The zero-order valence-electron chi connectivity index (χ0n) is 13.7. The highest BCUT2D eigenvalue weighted by molar-refractivity contribution is 5.83. The van der Waals surface area contributed by atoms with Gasteiger partial charge in [-0.2, -0.15) is 0 Å². The van der Waals surface area contributed by atoms with Crippen LogP contribution in [0.3, 0.4) is 0 Å². The molecule has 0 saturated heterocycles. The molecule has 0 bridgehead atoms. The van der Waals surface area contributed by atoms with E-state index in [9.17, 15) is 9.18 Å². The summed E-state index contributed by atoms with van der Waals surface area (Å²) >= 11 is 0. The van der Waals surface area contributed by atoms with Crippen LogP contribution in [0, 0.1) is 19.7 Å². The van der Waals surface area contributed by atoms with Crippen LogP contribution < -0.4 is 14.9 Å². The molecule has 3 aromatic rings. The molecule has 0 atom stereocenters. The maximum absolute atomic E-state index is 13.0. The average Bonchev–Trinajstić information content (AvgIpc) is 2.56. The number of hydrogen-bond acceptors (Lipinski definition) is 4. The molecule has 0 amide bonds. The molecule has 0 aliphatic heterocycles. The summed E-state index contributed by atoms with van der Waals surface area (Å²) in [7, 11) is 0. The molecule has 0 spiro atoms. The lowest BCUT2D eigenvalue weighted by molar-refractivity contribution is 0.337. The molecule has 0 fully saturated rings. The normalized spacial score (nSPS) is 10.8. The third-order valence-corrected chi connectivity index (χ3v) is 3.72. The Morgan fingerprint density at radius 1 is 1.08 bits per heavy atom. The smallest absolute Gasteiger partial charge is 0.235 e. The van der Waals surface area contributed by atoms with Crippen molar-refractivity contribution in [2.75, 3.05) is 6.61 Å². The van der Waals surface area contributed by atoms with Gasteiger partial charge >= 0.3 is 0 Å². The van der Waals surface area contributed by atoms with Crippen molar-refractivity contribution in [3.8, 4) is 17.2 Å². The first-order chi connectivity index (χ1) is 11.5. The van der Waals surface area contributed by atoms with Gasteiger partial charge < -0.3 is 13.9 Å². The first-order valence-electron chi connectivity index (χ1n) is 7.64. The highest BCUT2D eigenvalue weighted by Gasteiger charge is 2.17. The lowest BCUT2D eigenvalue weighted by atomic mass is 10.1. The van der Waals surface area contributed by atoms with Gasteiger partial charge in [0, 0.05) is 5.56 Å². The molecule has 0 unspecified atom stereocenters. The fraction of sp³-hybridized carbons (Fsp3) is 0.211. The van der Waals surface area contributed by atoms with Crippen molar-refractivity contribution in [3.05, 3.63) is 63.8 Å². The van der Waals surface area contributed by atoms with Crippen LogP contribution >= 0.6 is 0 Å². The van der Waals surface area contributed by atoms with Crippen molar-refractivity contribution < 1.29 is 18.3 Å². The van der Waals surface area contributed by atoms with Gasteiger partial charge in [-0.1, -0.05) is 0 Å². The topological polar surface area (TPSA) is 48.7 Å². The number of benzene rings is 2. The fourth-order valence-electron chi connectivity index (χ4n) is 2.52. The highest BCUT2D eigenvalue weighted by atomic mass is 19.1. The van der Waals surface area contributed by atoms with E-state index < -0.39 is 0 Å². The molecule has 0 N–H and O–H groups in total. The second-order valence-corrected chi connectivity index (χ2v) is 5.37. The largest absolute Gasteiger partial charge is 0.493 e. The lowest BCUT2D eigenvalue weighted by Gasteiger charge is -2.12. The molecule has 0 saturated carbocycles. The van der Waals surface area contributed by atoms with Crippen LogP contribution in [0.4, 0.5) is 4.39 Å². The Morgan fingerprint density at radius 3 is 2.46 bits per heavy atom. The van der Waals surface area contributed by atoms with Crippen LogP contribution in [0.25, 0.3) is 11.0 Å². The van der Waals surface area contributed by atoms with Crippen LogP contribution in [0.15, 0.2) is 45.6 Å². The Kier molecular flexibility index (Phi) is 4.25. The standard InChI is InChI=1S/C19H17FO4/c1-4-22-16-10-9-15-17(21)19(12(3)23-18(15)11(16)2)24-14-7-5-13(20)6-8-14/h5-10H,4H2,1-3H3. The predicted octanol–water partition coefficient (Wildman–Crippen LogP) is 4.74. The fourth-order valence-corrected chi connectivity index (χ4v) is 2.52. The van der Waals surface area contributed by atoms with Crippen molar-refractivity contribution >= 4 is 11.0 Å². The van der Waals surface area contributed by atoms with Gasteiger partial charge in [-0.3, -0.25) is 4.79 Å². The summed E-state index contributed by atoms with van der Waals surface area (Å²) in [5.41, 5.74) is 0.974. The number of aryl methyl sites for hydroxylation is 2. The molecular weight excluding hydrogens is 311 g/mol. The lowest BCUT2D eigenvalue weighted by Crippen LogP contribution is -2.08. The number of halogens is 1. The minimum absolute atomic E-state index is 0.0951. The summed E-state index contributed by atoms with van der Waals surface area (Å²) in [6.07, 6.45) is 0. The highest BCUT2D eigenvalue weighted by Crippen LogP contribution is 2.30. The van der Waals surface area contributed by atoms with E-state index in [4.69, 9.17) is 13.9 Å². The average molecular weight is 328 g/mol. The Morgan fingerprint density at radius 2 is 1.79 bits per heavy atom. The zero-order valence-corrected chi connectivity index (χ0v) is 13.7. The maximum Gasteiger partial charge on any atom is 0.235 e. The van der Waals surface area contributed by atoms with Gasteiger partial charge in [0.15, 0.2) is 0 Å². The third-order valence-electron chi connectivity index (χ3n) is 3.72. The maximum atomic E-state index is 13.0. The summed E-state index contributed by atoms with van der Waals surface area (Å²) in [5, 5.41) is 0.415. The second kappa shape index (κ2) is 6.35. The van der Waals surface area contributed by atoms with Gasteiger partial charge in [0.05, 0.1) is 12.0 Å². The zero-order chi connectivity index (χ0) is 17.3. The summed E-state index contributed by atoms with van der Waals surface area (Å²) in [4.78, 5) is 12.7. The molecule has 1 aromatic heterocycles. The summed E-state index contributed by atoms with van der Waals surface area (Å²) < 4.78 is 29.9. The van der Waals surface area contributed by atoms with Crippen LogP contribution in [0.1, 0.15) is 18.2 Å². The SMILES string of the molecule is CCOc1ccc2c(=O)c(Oc3ccc(F)cc3)c(C)oc2c1C. The number of rotatable bonds is 4. The van der Waals surface area contributed by atoms with E-state index in [-0.39, 0.29) is 17.0 Å². The Hall–Kier alpha value is -2.82. The molecule has 4 nitrogen and oxygen atoms in total. The Balaban J connectivity index is 2.12. The van der Waals surface area contributed by atoms with Crippen LogP contribution in [-0.2, 0) is 0 Å². The quantitative estimate of drug-likeness (QED) is 0.694. The molecule has 1 heterocycles. The van der Waals surface area contributed by atoms with Crippen molar-refractivity contribution in [2.45, 2.75) is 20.8 Å². The van der Waals surface area contributed by atoms with Gasteiger partial charge in [0.25, 0.3) is 0 Å². The van der Waals surface area contributed by atoms with Gasteiger partial charge in [-0.25, -0.2) is 4.39 Å². The Labute approximate surface area is 138 Å². The minimum atomic E-state index is -0.372. The van der Waals surface area contributed by atoms with E-state index in [1.807, 2.05) is 13.8 Å². The van der Waals surface area contributed by atoms with Crippen molar-refractivity contribution in [3.63, 3.8) is 0 Å². The van der Waals surface area contributed by atoms with Crippen LogP contribution in [0.5, 0.6) is 17.2 Å². The van der Waals surface area contributed by atoms with Crippen LogP contribution in [-0.4, -0.2) is 6.61 Å². The van der Waals surface area contributed by atoms with Gasteiger partial charge in [0.2, 0.25) is 11.2 Å². The van der Waals surface area contributed by atoms with Crippen molar-refractivity contribution in [2.24, 2.45) is 0 Å². The number of ether oxygens (including phenoxy) is 2. The molecule has 124 valence electrons. The molecule has 24 heavy (non-hydrogen) atoms. The molecule has 3 rings (SSSR count). The first kappa shape index (κ1) is 16.1. The van der Waals surface area contributed by atoms with E-state index in [0.717, 1.165) is 5.56 Å². The summed E-state index contributed by atoms with van der Waals surface area (Å²) in [6.45, 7) is 5.93. The van der Waals surface area contributed by atoms with E-state index in [2.05, 4.69) is 0 Å². The number of hydrogen-bond donors (Lipinski definition) is 0. The van der Waals surface area contributed by atoms with Crippen LogP contribution in [0.2, 0.25) is 0 Å². The Bertz CT molecular complexity index is 942. The summed E-state index contributed by atoms with van der Waals surface area (Å²) in [6, 6.07) is 8.87.